The summed E-state index contributed by atoms with van der Waals surface area (Å²) in [6.45, 7) is 4.87. The Bertz CT molecular complexity index is 598. The zero-order valence-electron chi connectivity index (χ0n) is 15.6. The highest BCUT2D eigenvalue weighted by atomic mass is 19.1. The molecule has 1 heterocycles. The number of aliphatic imine (C=N–C) groups is 1. The smallest absolute Gasteiger partial charge is 0.222 e. The predicted octanol–water partition coefficient (Wildman–Crippen LogP) is 1.55. The van der Waals surface area contributed by atoms with E-state index in [1.165, 1.54) is 12.1 Å². The van der Waals surface area contributed by atoms with Crippen LogP contribution >= 0.6 is 0 Å². The van der Waals surface area contributed by atoms with E-state index in [9.17, 15) is 9.18 Å². The van der Waals surface area contributed by atoms with E-state index in [-0.39, 0.29) is 11.7 Å². The number of benzene rings is 1. The summed E-state index contributed by atoms with van der Waals surface area (Å²) in [5.41, 5.74) is 6.43. The number of likely N-dealkylation sites (tertiary alicyclic amines) is 1. The number of ether oxygens (including phenoxy) is 1. The first kappa shape index (κ1) is 20.2. The number of nitrogens with zero attached hydrogens (tertiary/aromatic N) is 2. The van der Waals surface area contributed by atoms with Gasteiger partial charge in [0.25, 0.3) is 0 Å². The normalized spacial score (nSPS) is 17.2. The van der Waals surface area contributed by atoms with Crippen molar-refractivity contribution in [3.8, 4) is 0 Å². The van der Waals surface area contributed by atoms with Crippen molar-refractivity contribution in [2.45, 2.75) is 32.3 Å². The molecular formula is C19H29FN4O2. The minimum Gasteiger partial charge on any atom is -0.378 e. The summed E-state index contributed by atoms with van der Waals surface area (Å²) < 4.78 is 18.7. The fraction of sp³-hybridized carbons (Fsp3) is 0.579. The van der Waals surface area contributed by atoms with Crippen LogP contribution in [0.25, 0.3) is 0 Å². The number of hydrogen-bond donors (Lipinski definition) is 2. The number of nitrogens with one attached hydrogen (secondary N) is 1. The lowest BCUT2D eigenvalue weighted by Gasteiger charge is -2.34. The van der Waals surface area contributed by atoms with Crippen molar-refractivity contribution >= 4 is 11.9 Å². The van der Waals surface area contributed by atoms with Gasteiger partial charge < -0.3 is 20.7 Å². The van der Waals surface area contributed by atoms with Crippen molar-refractivity contribution in [3.63, 3.8) is 0 Å². The first-order valence-corrected chi connectivity index (χ1v) is 9.14. The number of halogens is 1. The van der Waals surface area contributed by atoms with Crippen LogP contribution in [-0.4, -0.2) is 56.2 Å². The van der Waals surface area contributed by atoms with Gasteiger partial charge in [-0.3, -0.25) is 9.79 Å². The van der Waals surface area contributed by atoms with E-state index in [1.807, 2.05) is 6.92 Å². The van der Waals surface area contributed by atoms with Crippen LogP contribution in [-0.2, 0) is 16.0 Å². The van der Waals surface area contributed by atoms with E-state index in [2.05, 4.69) is 15.2 Å². The molecule has 0 bridgehead atoms. The maximum Gasteiger partial charge on any atom is 0.222 e. The predicted molar refractivity (Wildman–Crippen MR) is 100 cm³/mol. The van der Waals surface area contributed by atoms with Gasteiger partial charge in [0.2, 0.25) is 5.91 Å². The van der Waals surface area contributed by atoms with Gasteiger partial charge >= 0.3 is 0 Å². The second kappa shape index (κ2) is 10.1. The van der Waals surface area contributed by atoms with Crippen molar-refractivity contribution in [2.24, 2.45) is 16.6 Å². The Morgan fingerprint density at radius 2 is 2.04 bits per heavy atom. The minimum atomic E-state index is -0.391. The maximum atomic E-state index is 13.0. The summed E-state index contributed by atoms with van der Waals surface area (Å²) in [5, 5.41) is 3.26. The van der Waals surface area contributed by atoms with Crippen molar-refractivity contribution < 1.29 is 13.9 Å². The lowest BCUT2D eigenvalue weighted by Crippen LogP contribution is -2.49. The average Bonchev–Trinajstić information content (AvgIpc) is 2.64. The van der Waals surface area contributed by atoms with Crippen LogP contribution < -0.4 is 11.1 Å². The van der Waals surface area contributed by atoms with Crippen LogP contribution in [0.1, 0.15) is 25.3 Å². The number of rotatable bonds is 7. The Hall–Kier alpha value is -2.15. The topological polar surface area (TPSA) is 79.9 Å². The van der Waals surface area contributed by atoms with Crippen LogP contribution in [0.5, 0.6) is 0 Å². The molecule has 0 spiro atoms. The largest absolute Gasteiger partial charge is 0.378 e. The molecule has 0 aromatic heterocycles. The molecule has 6 nitrogen and oxygen atoms in total. The molecule has 1 fully saturated rings. The van der Waals surface area contributed by atoms with Crippen LogP contribution in [0.15, 0.2) is 29.3 Å². The van der Waals surface area contributed by atoms with Crippen molar-refractivity contribution in [3.05, 3.63) is 35.6 Å². The molecule has 1 unspecified atom stereocenters. The van der Waals surface area contributed by atoms with Gasteiger partial charge in [0, 0.05) is 33.3 Å². The number of guanidine groups is 1. The third kappa shape index (κ3) is 5.98. The second-order valence-electron chi connectivity index (χ2n) is 6.50. The summed E-state index contributed by atoms with van der Waals surface area (Å²) >= 11 is 0. The molecule has 1 aliphatic rings. The van der Waals surface area contributed by atoms with Gasteiger partial charge in [-0.05, 0) is 43.9 Å². The number of nitrogens with two attached hydrogens (primary N) is 1. The van der Waals surface area contributed by atoms with Gasteiger partial charge in [0.15, 0.2) is 5.96 Å². The third-order valence-corrected chi connectivity index (χ3v) is 4.66. The molecule has 3 N–H and O–H groups in total. The van der Waals surface area contributed by atoms with Crippen molar-refractivity contribution in [1.82, 2.24) is 10.2 Å². The van der Waals surface area contributed by atoms with Gasteiger partial charge in [-0.25, -0.2) is 4.39 Å². The molecular weight excluding hydrogens is 335 g/mol. The van der Waals surface area contributed by atoms with Crippen LogP contribution in [0.4, 0.5) is 4.39 Å². The number of hydrogen-bond acceptors (Lipinski definition) is 3. The zero-order chi connectivity index (χ0) is 18.9. The van der Waals surface area contributed by atoms with Gasteiger partial charge in [-0.15, -0.1) is 0 Å². The highest BCUT2D eigenvalue weighted by molar-refractivity contribution is 5.82. The first-order valence-electron chi connectivity index (χ1n) is 9.14. The molecule has 2 rings (SSSR count). The molecule has 0 saturated carbocycles. The summed E-state index contributed by atoms with van der Waals surface area (Å²) in [7, 11) is 1.73. The Balaban J connectivity index is 1.88. The van der Waals surface area contributed by atoms with Gasteiger partial charge in [0.05, 0.1) is 12.0 Å². The molecule has 1 amide bonds. The summed E-state index contributed by atoms with van der Waals surface area (Å²) in [6.07, 6.45) is 2.70. The van der Waals surface area contributed by atoms with Gasteiger partial charge in [-0.1, -0.05) is 12.1 Å². The minimum absolute atomic E-state index is 0.293. The SMILES string of the molecule is CCOC1CCN(C(=NC)NCC(Cc2ccc(F)cc2)C(N)=O)CC1. The van der Waals surface area contributed by atoms with Crippen LogP contribution in [0.2, 0.25) is 0 Å². The molecule has 7 heteroatoms. The summed E-state index contributed by atoms with van der Waals surface area (Å²) in [6, 6.07) is 6.14. The van der Waals surface area contributed by atoms with E-state index >= 15 is 0 Å². The molecule has 1 atom stereocenters. The fourth-order valence-electron chi connectivity index (χ4n) is 3.20. The Kier molecular flexibility index (Phi) is 7.84. The molecule has 1 aromatic carbocycles. The molecule has 0 aliphatic carbocycles. The molecule has 144 valence electrons. The van der Waals surface area contributed by atoms with E-state index in [4.69, 9.17) is 10.5 Å². The molecule has 1 aliphatic heterocycles. The average molecular weight is 364 g/mol. The van der Waals surface area contributed by atoms with Crippen molar-refractivity contribution in [1.29, 1.82) is 0 Å². The number of carbonyl (C=O) groups is 1. The Labute approximate surface area is 154 Å². The highest BCUT2D eigenvalue weighted by Crippen LogP contribution is 2.14. The maximum absolute atomic E-state index is 13.0. The monoisotopic (exact) mass is 364 g/mol. The first-order chi connectivity index (χ1) is 12.5. The van der Waals surface area contributed by atoms with Gasteiger partial charge in [0.1, 0.15) is 5.82 Å². The lowest BCUT2D eigenvalue weighted by atomic mass is 9.98. The van der Waals surface area contributed by atoms with Crippen LogP contribution in [0.3, 0.4) is 0 Å². The van der Waals surface area contributed by atoms with E-state index in [1.54, 1.807) is 19.2 Å². The van der Waals surface area contributed by atoms with Gasteiger partial charge in [-0.2, -0.15) is 0 Å². The van der Waals surface area contributed by atoms with E-state index in [0.29, 0.717) is 19.1 Å². The standard InChI is InChI=1S/C19H29FN4O2/c1-3-26-17-8-10-24(11-9-17)19(22-2)23-13-15(18(21)25)12-14-4-6-16(20)7-5-14/h4-7,15,17H,3,8-13H2,1-2H3,(H2,21,25)(H,22,23). The quantitative estimate of drug-likeness (QED) is 0.568. The Morgan fingerprint density at radius 3 is 2.58 bits per heavy atom. The van der Waals surface area contributed by atoms with E-state index < -0.39 is 5.92 Å². The molecule has 0 radical (unpaired) electrons. The molecule has 1 saturated heterocycles. The zero-order valence-corrected chi connectivity index (χ0v) is 15.6. The lowest BCUT2D eigenvalue weighted by molar-refractivity contribution is -0.121. The summed E-state index contributed by atoms with van der Waals surface area (Å²) in [5.74, 6) is -0.297. The highest BCUT2D eigenvalue weighted by Gasteiger charge is 2.23. The van der Waals surface area contributed by atoms with Crippen molar-refractivity contribution in [2.75, 3.05) is 33.3 Å². The third-order valence-electron chi connectivity index (χ3n) is 4.66. The molecule has 1 aromatic rings. The Morgan fingerprint density at radius 1 is 1.38 bits per heavy atom. The van der Waals surface area contributed by atoms with E-state index in [0.717, 1.165) is 44.1 Å². The number of carbonyl (C=O) groups excluding carboxylic acids is 1. The number of primary amides is 1. The fourth-order valence-corrected chi connectivity index (χ4v) is 3.20. The second-order valence-corrected chi connectivity index (χ2v) is 6.50. The number of piperidine rings is 1. The number of amides is 1. The molecule has 26 heavy (non-hydrogen) atoms. The summed E-state index contributed by atoms with van der Waals surface area (Å²) in [4.78, 5) is 18.3. The van der Waals surface area contributed by atoms with Crippen LogP contribution in [0, 0.1) is 11.7 Å².